The molecule has 1 aliphatic heterocycles. The summed E-state index contributed by atoms with van der Waals surface area (Å²) < 4.78 is 2.30. The van der Waals surface area contributed by atoms with Crippen LogP contribution < -0.4 is 5.32 Å². The lowest BCUT2D eigenvalue weighted by molar-refractivity contribution is -0.463. The second kappa shape index (κ2) is 11.3. The van der Waals surface area contributed by atoms with Gasteiger partial charge in [0.25, 0.3) is 0 Å². The van der Waals surface area contributed by atoms with Gasteiger partial charge in [0.15, 0.2) is 0 Å². The fraction of sp³-hybridized carbons (Fsp3) is 0.486. The van der Waals surface area contributed by atoms with Crippen molar-refractivity contribution < 1.29 is 4.58 Å². The van der Waals surface area contributed by atoms with Gasteiger partial charge in [0, 0.05) is 11.6 Å². The van der Waals surface area contributed by atoms with E-state index < -0.39 is 0 Å². The Balaban J connectivity index is 1.52. The second-order valence-corrected chi connectivity index (χ2v) is 12.2. The van der Waals surface area contributed by atoms with Crippen LogP contribution in [0.1, 0.15) is 107 Å². The van der Waals surface area contributed by atoms with Crippen molar-refractivity contribution in [1.82, 2.24) is 0 Å². The van der Waals surface area contributed by atoms with Crippen molar-refractivity contribution in [1.29, 1.82) is 0 Å². The number of nitrogens with one attached hydrogen (secondary N) is 1. The largest absolute Gasteiger partial charge is 0.376 e. The van der Waals surface area contributed by atoms with Crippen molar-refractivity contribution in [2.24, 2.45) is 17.8 Å². The molecule has 0 bridgehead atoms. The summed E-state index contributed by atoms with van der Waals surface area (Å²) in [6, 6.07) is 19.2. The van der Waals surface area contributed by atoms with Gasteiger partial charge in [-0.2, -0.15) is 0 Å². The fourth-order valence-corrected chi connectivity index (χ4v) is 7.29. The highest BCUT2D eigenvalue weighted by Gasteiger charge is 2.41. The van der Waals surface area contributed by atoms with E-state index in [1.54, 1.807) is 0 Å². The highest BCUT2D eigenvalue weighted by molar-refractivity contribution is 5.62. The summed E-state index contributed by atoms with van der Waals surface area (Å²) in [5.74, 6) is 3.25. The summed E-state index contributed by atoms with van der Waals surface area (Å²) in [7, 11) is 0. The summed E-state index contributed by atoms with van der Waals surface area (Å²) in [6.07, 6.45) is 16.7. The Morgan fingerprint density at radius 1 is 0.838 bits per heavy atom. The third-order valence-electron chi connectivity index (χ3n) is 9.20. The van der Waals surface area contributed by atoms with Crippen molar-refractivity contribution in [2.45, 2.75) is 90.5 Å². The molecule has 1 N–H and O–H groups in total. The van der Waals surface area contributed by atoms with Gasteiger partial charge < -0.3 is 5.32 Å². The first-order valence-electron chi connectivity index (χ1n) is 14.8. The maximum Gasteiger partial charge on any atom is 0.126 e. The molecular weight excluding hydrogens is 448 g/mol. The van der Waals surface area contributed by atoms with Crippen LogP contribution in [0.2, 0.25) is 0 Å². The Labute approximate surface area is 225 Å². The summed E-state index contributed by atoms with van der Waals surface area (Å²) in [6.45, 7) is 13.9. The van der Waals surface area contributed by atoms with E-state index in [1.165, 1.54) is 79.1 Å². The lowest BCUT2D eigenvalue weighted by Gasteiger charge is -2.45. The van der Waals surface area contributed by atoms with E-state index in [0.717, 1.165) is 11.8 Å². The van der Waals surface area contributed by atoms with Crippen LogP contribution in [0, 0.1) is 23.8 Å². The number of hydrogen-bond acceptors (Lipinski definition) is 1. The Hall–Kier alpha value is -2.74. The lowest BCUT2D eigenvalue weighted by Crippen LogP contribution is -2.39. The van der Waals surface area contributed by atoms with Gasteiger partial charge in [-0.05, 0) is 46.8 Å². The van der Waals surface area contributed by atoms with Crippen LogP contribution in [0.3, 0.4) is 0 Å². The van der Waals surface area contributed by atoms with Crippen molar-refractivity contribution in [2.75, 3.05) is 5.32 Å². The molecule has 196 valence electrons. The number of hydrogen-bond donors (Lipinski definition) is 1. The highest BCUT2D eigenvalue weighted by atomic mass is 15.1. The average Bonchev–Trinajstić information content (AvgIpc) is 2.92. The predicted octanol–water partition coefficient (Wildman–Crippen LogP) is 9.39. The van der Waals surface area contributed by atoms with Gasteiger partial charge in [0.05, 0.1) is 6.72 Å². The third-order valence-corrected chi connectivity index (χ3v) is 9.20. The highest BCUT2D eigenvalue weighted by Crippen LogP contribution is 2.49. The molecule has 0 radical (unpaired) electrons. The van der Waals surface area contributed by atoms with Crippen molar-refractivity contribution in [3.8, 4) is 0 Å². The average molecular weight is 495 g/mol. The molecule has 1 heterocycles. The number of rotatable bonds is 7. The van der Waals surface area contributed by atoms with E-state index in [9.17, 15) is 0 Å². The number of benzene rings is 2. The first-order chi connectivity index (χ1) is 18.0. The molecule has 2 aliphatic carbocycles. The van der Waals surface area contributed by atoms with Crippen molar-refractivity contribution in [3.63, 3.8) is 0 Å². The summed E-state index contributed by atoms with van der Waals surface area (Å²) in [5.41, 5.74) is 6.59. The van der Waals surface area contributed by atoms with E-state index in [0.29, 0.717) is 17.8 Å². The topological polar surface area (TPSA) is 15.0 Å². The van der Waals surface area contributed by atoms with Gasteiger partial charge >= 0.3 is 0 Å². The van der Waals surface area contributed by atoms with Crippen LogP contribution >= 0.6 is 0 Å². The number of nitrogens with zero attached hydrogens (tertiary/aromatic N) is 1. The van der Waals surface area contributed by atoms with Crippen LogP contribution in [-0.4, -0.2) is 11.3 Å². The van der Waals surface area contributed by atoms with Gasteiger partial charge in [-0.15, -0.1) is 6.08 Å². The maximum atomic E-state index is 4.71. The maximum absolute atomic E-state index is 4.71. The zero-order valence-electron chi connectivity index (χ0n) is 23.4. The number of allylic oxidation sites excluding steroid dienone is 2. The van der Waals surface area contributed by atoms with Gasteiger partial charge in [-0.1, -0.05) is 127 Å². The SMILES string of the molecule is C=[N+]1C(C(Nc2c(C(C)C)cccc2C(C)C)c2ccccc2)=CC=C[C-]1C1CCCC2CCCCC21. The standard InChI is InChI=1S/C35H46N2/c1-24(2)28-19-12-20-29(25(3)4)35(28)36-34(27-15-7-6-8-16-27)33-23-13-22-32(37(33)5)31-21-11-17-26-14-9-10-18-30(26)31/h6-8,12-13,15-16,19-20,22-26,30-31,34,36H,5,9-11,14,17-18,21H2,1-4H3. The fourth-order valence-electron chi connectivity index (χ4n) is 7.29. The molecule has 2 saturated carbocycles. The molecule has 0 amide bonds. The molecule has 2 nitrogen and oxygen atoms in total. The molecule has 3 aliphatic rings. The van der Waals surface area contributed by atoms with Crippen molar-refractivity contribution in [3.05, 3.63) is 95.2 Å². The Morgan fingerprint density at radius 3 is 2.22 bits per heavy atom. The minimum atomic E-state index is 0.0294. The van der Waals surface area contributed by atoms with Crippen LogP contribution in [0.25, 0.3) is 0 Å². The number of fused-ring (bicyclic) bond motifs is 1. The lowest BCUT2D eigenvalue weighted by atomic mass is 9.63. The van der Waals surface area contributed by atoms with Crippen molar-refractivity contribution >= 4 is 12.4 Å². The molecule has 2 aromatic rings. The molecule has 2 heteroatoms. The first-order valence-corrected chi connectivity index (χ1v) is 14.8. The van der Waals surface area contributed by atoms with E-state index >= 15 is 0 Å². The molecular formula is C35H46N2. The quantitative estimate of drug-likeness (QED) is 0.299. The minimum Gasteiger partial charge on any atom is -0.376 e. The van der Waals surface area contributed by atoms with Crippen LogP contribution in [0.15, 0.2) is 72.5 Å². The van der Waals surface area contributed by atoms with E-state index in [1.807, 2.05) is 0 Å². The zero-order valence-corrected chi connectivity index (χ0v) is 23.4. The molecule has 4 atom stereocenters. The van der Waals surface area contributed by atoms with E-state index in [4.69, 9.17) is 6.72 Å². The molecule has 0 saturated heterocycles. The number of anilines is 1. The van der Waals surface area contributed by atoms with Gasteiger partial charge in [0.1, 0.15) is 17.8 Å². The molecule has 0 aromatic heterocycles. The van der Waals surface area contributed by atoms with E-state index in [2.05, 4.69) is 104 Å². The molecule has 5 rings (SSSR count). The van der Waals surface area contributed by atoms with Gasteiger partial charge in [-0.25, -0.2) is 0 Å². The first kappa shape index (κ1) is 25.9. The third kappa shape index (κ3) is 5.31. The predicted molar refractivity (Wildman–Crippen MR) is 158 cm³/mol. The molecule has 2 fully saturated rings. The minimum absolute atomic E-state index is 0.0294. The molecule has 4 unspecified atom stereocenters. The Bertz CT molecular complexity index is 1110. The summed E-state index contributed by atoms with van der Waals surface area (Å²) in [4.78, 5) is 0. The Morgan fingerprint density at radius 2 is 1.51 bits per heavy atom. The molecule has 0 spiro atoms. The monoisotopic (exact) mass is 494 g/mol. The normalized spacial score (nSPS) is 24.7. The van der Waals surface area contributed by atoms with Crippen LogP contribution in [-0.2, 0) is 0 Å². The van der Waals surface area contributed by atoms with Crippen LogP contribution in [0.4, 0.5) is 5.69 Å². The van der Waals surface area contributed by atoms with Gasteiger partial charge in [0.2, 0.25) is 0 Å². The Kier molecular flexibility index (Phi) is 7.93. The zero-order chi connectivity index (χ0) is 25.9. The summed E-state index contributed by atoms with van der Waals surface area (Å²) in [5, 5.41) is 4.08. The number of para-hydroxylation sites is 1. The molecule has 2 aromatic carbocycles. The summed E-state index contributed by atoms with van der Waals surface area (Å²) >= 11 is 0. The smallest absolute Gasteiger partial charge is 0.126 e. The van der Waals surface area contributed by atoms with Crippen LogP contribution in [0.5, 0.6) is 0 Å². The van der Waals surface area contributed by atoms with E-state index in [-0.39, 0.29) is 6.04 Å². The second-order valence-electron chi connectivity index (χ2n) is 12.2. The molecule has 37 heavy (non-hydrogen) atoms. The van der Waals surface area contributed by atoms with Gasteiger partial charge in [-0.3, -0.25) is 4.58 Å².